The second-order valence-electron chi connectivity index (χ2n) is 5.12. The van der Waals surface area contributed by atoms with Crippen LogP contribution in [0.2, 0.25) is 0 Å². The molecule has 1 atom stereocenters. The van der Waals surface area contributed by atoms with Crippen LogP contribution in [0.4, 0.5) is 4.39 Å². The van der Waals surface area contributed by atoms with E-state index in [2.05, 4.69) is 0 Å². The van der Waals surface area contributed by atoms with Gasteiger partial charge in [0.1, 0.15) is 5.75 Å². The van der Waals surface area contributed by atoms with E-state index in [-0.39, 0.29) is 6.54 Å². The fourth-order valence-electron chi connectivity index (χ4n) is 2.79. The number of nitrogens with two attached hydrogens (primary N) is 1. The number of benzene rings is 2. The van der Waals surface area contributed by atoms with E-state index in [1.54, 1.807) is 18.2 Å². The molecule has 2 aromatic carbocycles. The summed E-state index contributed by atoms with van der Waals surface area (Å²) in [6, 6.07) is 14.7. The highest BCUT2D eigenvalue weighted by Gasteiger charge is 2.36. The van der Waals surface area contributed by atoms with Gasteiger partial charge in [-0.15, -0.1) is 0 Å². The maximum Gasteiger partial charge on any atom is 0.176 e. The van der Waals surface area contributed by atoms with E-state index < -0.39 is 5.67 Å². The third-order valence-corrected chi connectivity index (χ3v) is 3.87. The molecule has 0 bridgehead atoms. The number of alkyl halides is 1. The van der Waals surface area contributed by atoms with Crippen LogP contribution in [0.1, 0.15) is 23.1 Å². The fourth-order valence-corrected chi connectivity index (χ4v) is 2.79. The Hall–Kier alpha value is -1.87. The van der Waals surface area contributed by atoms with Crippen molar-refractivity contribution in [3.63, 3.8) is 0 Å². The quantitative estimate of drug-likeness (QED) is 0.930. The molecule has 0 spiro atoms. The molecule has 0 radical (unpaired) electrons. The number of halogens is 1. The lowest BCUT2D eigenvalue weighted by Gasteiger charge is -2.29. The summed E-state index contributed by atoms with van der Waals surface area (Å²) in [5.74, 6) is 0.676. The van der Waals surface area contributed by atoms with Crippen LogP contribution in [0, 0.1) is 0 Å². The van der Waals surface area contributed by atoms with E-state index in [1.165, 1.54) is 0 Å². The van der Waals surface area contributed by atoms with E-state index in [1.807, 2.05) is 30.3 Å². The first kappa shape index (κ1) is 13.1. The number of para-hydroxylation sites is 1. The molecule has 2 N–H and O–H groups in total. The molecule has 2 nitrogen and oxygen atoms in total. The van der Waals surface area contributed by atoms with Crippen LogP contribution in [0.3, 0.4) is 0 Å². The maximum absolute atomic E-state index is 15.6. The van der Waals surface area contributed by atoms with Gasteiger partial charge < -0.3 is 10.5 Å². The van der Waals surface area contributed by atoms with Gasteiger partial charge in [-0.3, -0.25) is 0 Å². The highest BCUT2D eigenvalue weighted by atomic mass is 19.1. The van der Waals surface area contributed by atoms with Crippen molar-refractivity contribution in [1.82, 2.24) is 0 Å². The van der Waals surface area contributed by atoms with E-state index in [4.69, 9.17) is 10.5 Å². The average molecular weight is 271 g/mol. The van der Waals surface area contributed by atoms with Crippen molar-refractivity contribution >= 4 is 0 Å². The van der Waals surface area contributed by atoms with Gasteiger partial charge in [-0.05, 0) is 24.0 Å². The van der Waals surface area contributed by atoms with E-state index in [0.29, 0.717) is 23.5 Å². The molecule has 1 aliphatic heterocycles. The predicted molar refractivity (Wildman–Crippen MR) is 77.6 cm³/mol. The smallest absolute Gasteiger partial charge is 0.176 e. The van der Waals surface area contributed by atoms with Crippen LogP contribution in [0.5, 0.6) is 5.75 Å². The minimum absolute atomic E-state index is 0.100. The Kier molecular flexibility index (Phi) is 3.45. The summed E-state index contributed by atoms with van der Waals surface area (Å²) < 4.78 is 21.3. The first-order valence-corrected chi connectivity index (χ1v) is 6.95. The highest BCUT2D eigenvalue weighted by molar-refractivity contribution is 5.50. The molecule has 3 rings (SSSR count). The zero-order chi connectivity index (χ0) is 14.0. The zero-order valence-corrected chi connectivity index (χ0v) is 11.3. The molecule has 104 valence electrons. The topological polar surface area (TPSA) is 35.2 Å². The standard InChI is InChI=1S/C17H18FNO/c18-17(12-19,14-8-2-1-3-9-14)15-10-4-6-13-7-5-11-20-16(13)15/h1-4,6,8-10H,5,7,11-12,19H2. The highest BCUT2D eigenvalue weighted by Crippen LogP contribution is 2.41. The van der Waals surface area contributed by atoms with Gasteiger partial charge in [-0.1, -0.05) is 48.5 Å². The van der Waals surface area contributed by atoms with Gasteiger partial charge in [0.05, 0.1) is 6.61 Å². The number of hydrogen-bond acceptors (Lipinski definition) is 2. The van der Waals surface area contributed by atoms with Crippen molar-refractivity contribution in [2.24, 2.45) is 5.73 Å². The van der Waals surface area contributed by atoms with Gasteiger partial charge >= 0.3 is 0 Å². The molecule has 1 unspecified atom stereocenters. The number of hydrogen-bond donors (Lipinski definition) is 1. The zero-order valence-electron chi connectivity index (χ0n) is 11.3. The van der Waals surface area contributed by atoms with Crippen LogP contribution in [0.25, 0.3) is 0 Å². The number of rotatable bonds is 3. The van der Waals surface area contributed by atoms with Gasteiger partial charge in [-0.25, -0.2) is 4.39 Å². The molecule has 20 heavy (non-hydrogen) atoms. The average Bonchev–Trinajstić information content (AvgIpc) is 2.54. The van der Waals surface area contributed by atoms with E-state index in [9.17, 15) is 0 Å². The molecule has 0 saturated heterocycles. The molecule has 2 aromatic rings. The number of aryl methyl sites for hydroxylation is 1. The summed E-state index contributed by atoms with van der Waals surface area (Å²) in [6.45, 7) is 0.538. The number of fused-ring (bicyclic) bond motifs is 1. The van der Waals surface area contributed by atoms with Crippen molar-refractivity contribution in [3.05, 3.63) is 65.2 Å². The molecule has 1 aliphatic rings. The molecular weight excluding hydrogens is 253 g/mol. The third-order valence-electron chi connectivity index (χ3n) is 3.87. The Balaban J connectivity index is 2.15. The third kappa shape index (κ3) is 2.08. The molecule has 0 saturated carbocycles. The summed E-state index contributed by atoms with van der Waals surface area (Å²) >= 11 is 0. The summed E-state index contributed by atoms with van der Waals surface area (Å²) in [7, 11) is 0. The largest absolute Gasteiger partial charge is 0.493 e. The lowest BCUT2D eigenvalue weighted by molar-refractivity contribution is 0.212. The van der Waals surface area contributed by atoms with Crippen LogP contribution in [-0.2, 0) is 12.1 Å². The monoisotopic (exact) mass is 271 g/mol. The first-order valence-electron chi connectivity index (χ1n) is 6.95. The van der Waals surface area contributed by atoms with Crippen LogP contribution in [0.15, 0.2) is 48.5 Å². The summed E-state index contributed by atoms with van der Waals surface area (Å²) in [6.07, 6.45) is 1.91. The van der Waals surface area contributed by atoms with Gasteiger partial charge in [-0.2, -0.15) is 0 Å². The van der Waals surface area contributed by atoms with E-state index >= 15 is 4.39 Å². The second-order valence-corrected chi connectivity index (χ2v) is 5.12. The van der Waals surface area contributed by atoms with E-state index in [0.717, 1.165) is 18.4 Å². The summed E-state index contributed by atoms with van der Waals surface area (Å²) in [5.41, 5.74) is 6.26. The minimum atomic E-state index is -1.70. The molecule has 0 amide bonds. The molecule has 1 heterocycles. The molecule has 0 aromatic heterocycles. The first-order chi connectivity index (χ1) is 9.75. The molecular formula is C17H18FNO. The Morgan fingerprint density at radius 1 is 1.10 bits per heavy atom. The van der Waals surface area contributed by atoms with Gasteiger partial charge in [0, 0.05) is 12.1 Å². The van der Waals surface area contributed by atoms with Gasteiger partial charge in [0.15, 0.2) is 5.67 Å². The van der Waals surface area contributed by atoms with Crippen LogP contribution < -0.4 is 10.5 Å². The Bertz CT molecular complexity index is 599. The second kappa shape index (κ2) is 5.25. The maximum atomic E-state index is 15.6. The number of ether oxygens (including phenoxy) is 1. The lowest BCUT2D eigenvalue weighted by atomic mass is 9.85. The Morgan fingerprint density at radius 3 is 2.65 bits per heavy atom. The van der Waals surface area contributed by atoms with Crippen molar-refractivity contribution in [2.75, 3.05) is 13.2 Å². The SMILES string of the molecule is NCC(F)(c1ccccc1)c1cccc2c1OCCC2. The Morgan fingerprint density at radius 2 is 1.90 bits per heavy atom. The summed E-state index contributed by atoms with van der Waals surface area (Å²) in [5, 5.41) is 0. The van der Waals surface area contributed by atoms with Gasteiger partial charge in [0.25, 0.3) is 0 Å². The van der Waals surface area contributed by atoms with Crippen molar-refractivity contribution in [3.8, 4) is 5.75 Å². The molecule has 3 heteroatoms. The predicted octanol–water partition coefficient (Wildman–Crippen LogP) is 3.18. The van der Waals surface area contributed by atoms with Crippen molar-refractivity contribution < 1.29 is 9.13 Å². The normalized spacial score (nSPS) is 16.9. The summed E-state index contributed by atoms with van der Waals surface area (Å²) in [4.78, 5) is 0. The minimum Gasteiger partial charge on any atom is -0.493 e. The van der Waals surface area contributed by atoms with Crippen molar-refractivity contribution in [2.45, 2.75) is 18.5 Å². The van der Waals surface area contributed by atoms with Gasteiger partial charge in [0.2, 0.25) is 0 Å². The Labute approximate surface area is 118 Å². The van der Waals surface area contributed by atoms with Crippen LogP contribution >= 0.6 is 0 Å². The van der Waals surface area contributed by atoms with Crippen LogP contribution in [-0.4, -0.2) is 13.2 Å². The van der Waals surface area contributed by atoms with Crippen molar-refractivity contribution in [1.29, 1.82) is 0 Å². The fraction of sp³-hybridized carbons (Fsp3) is 0.294. The molecule has 0 aliphatic carbocycles. The molecule has 0 fully saturated rings. The lowest BCUT2D eigenvalue weighted by Crippen LogP contribution is -2.33.